The average molecular weight is 264 g/mol. The predicted molar refractivity (Wildman–Crippen MR) is 76.2 cm³/mol. The van der Waals surface area contributed by atoms with E-state index in [1.807, 2.05) is 12.4 Å². The minimum atomic E-state index is 0.238. The van der Waals surface area contributed by atoms with E-state index in [4.69, 9.17) is 4.74 Å². The van der Waals surface area contributed by atoms with Crippen LogP contribution in [-0.4, -0.2) is 41.3 Å². The number of aromatic nitrogens is 2. The van der Waals surface area contributed by atoms with Crippen LogP contribution in [-0.2, 0) is 11.3 Å². The highest BCUT2D eigenvalue weighted by molar-refractivity contribution is 5.32. The molecule has 0 aromatic carbocycles. The molecule has 0 spiro atoms. The van der Waals surface area contributed by atoms with Gasteiger partial charge in [-0.1, -0.05) is 13.8 Å². The lowest BCUT2D eigenvalue weighted by Crippen LogP contribution is -2.48. The van der Waals surface area contributed by atoms with Crippen molar-refractivity contribution in [1.82, 2.24) is 15.3 Å². The maximum Gasteiger partial charge on any atom is 0.225 e. The second-order valence-corrected chi connectivity index (χ2v) is 5.57. The van der Waals surface area contributed by atoms with Crippen LogP contribution in [0.2, 0.25) is 0 Å². The van der Waals surface area contributed by atoms with E-state index < -0.39 is 0 Å². The molecule has 2 unspecified atom stereocenters. The zero-order chi connectivity index (χ0) is 13.8. The lowest BCUT2D eigenvalue weighted by molar-refractivity contribution is 0.0337. The van der Waals surface area contributed by atoms with Gasteiger partial charge in [-0.15, -0.1) is 0 Å². The molecule has 1 N–H and O–H groups in total. The SMILES string of the molecule is CC(C)NCc1cnc(N2CC(C)OCC2C)nc1. The van der Waals surface area contributed by atoms with Gasteiger partial charge in [0.25, 0.3) is 0 Å². The van der Waals surface area contributed by atoms with E-state index in [0.29, 0.717) is 12.1 Å². The van der Waals surface area contributed by atoms with E-state index >= 15 is 0 Å². The van der Waals surface area contributed by atoms with Crippen molar-refractivity contribution in [2.24, 2.45) is 0 Å². The van der Waals surface area contributed by atoms with Crippen molar-refractivity contribution >= 4 is 5.95 Å². The van der Waals surface area contributed by atoms with Gasteiger partial charge in [-0.25, -0.2) is 9.97 Å². The standard InChI is InChI=1S/C14H24N4O/c1-10(2)15-5-13-6-16-14(17-7-13)18-8-12(4)19-9-11(18)3/h6-7,10-12,15H,5,8-9H2,1-4H3. The van der Waals surface area contributed by atoms with Gasteiger partial charge in [-0.2, -0.15) is 0 Å². The van der Waals surface area contributed by atoms with Crippen molar-refractivity contribution in [3.05, 3.63) is 18.0 Å². The molecule has 0 aliphatic carbocycles. The van der Waals surface area contributed by atoms with E-state index in [-0.39, 0.29) is 6.10 Å². The number of rotatable bonds is 4. The van der Waals surface area contributed by atoms with Crippen LogP contribution in [0.1, 0.15) is 33.3 Å². The number of hydrogen-bond acceptors (Lipinski definition) is 5. The molecule has 0 amide bonds. The summed E-state index contributed by atoms with van der Waals surface area (Å²) in [5.41, 5.74) is 1.12. The molecule has 5 nitrogen and oxygen atoms in total. The monoisotopic (exact) mass is 264 g/mol. The number of nitrogens with one attached hydrogen (secondary N) is 1. The summed E-state index contributed by atoms with van der Waals surface area (Å²) in [5.74, 6) is 0.802. The van der Waals surface area contributed by atoms with Crippen LogP contribution in [0.5, 0.6) is 0 Å². The minimum Gasteiger partial charge on any atom is -0.375 e. The quantitative estimate of drug-likeness (QED) is 0.895. The lowest BCUT2D eigenvalue weighted by atomic mass is 10.2. The molecule has 0 radical (unpaired) electrons. The molecule has 2 atom stereocenters. The Labute approximate surface area is 115 Å². The molecule has 2 heterocycles. The highest BCUT2D eigenvalue weighted by atomic mass is 16.5. The van der Waals surface area contributed by atoms with Crippen molar-refractivity contribution in [2.45, 2.75) is 52.4 Å². The number of anilines is 1. The topological polar surface area (TPSA) is 50.3 Å². The molecule has 1 aromatic heterocycles. The molecule has 19 heavy (non-hydrogen) atoms. The summed E-state index contributed by atoms with van der Waals surface area (Å²) in [7, 11) is 0. The van der Waals surface area contributed by atoms with Crippen molar-refractivity contribution in [3.8, 4) is 0 Å². The van der Waals surface area contributed by atoms with Gasteiger partial charge in [0.05, 0.1) is 18.8 Å². The number of ether oxygens (including phenoxy) is 1. The van der Waals surface area contributed by atoms with Gasteiger partial charge in [0.2, 0.25) is 5.95 Å². The van der Waals surface area contributed by atoms with Gasteiger partial charge in [0.15, 0.2) is 0 Å². The summed E-state index contributed by atoms with van der Waals surface area (Å²) in [6.07, 6.45) is 4.05. The largest absolute Gasteiger partial charge is 0.375 e. The highest BCUT2D eigenvalue weighted by Crippen LogP contribution is 2.17. The molecule has 1 saturated heterocycles. The van der Waals surface area contributed by atoms with Gasteiger partial charge >= 0.3 is 0 Å². The summed E-state index contributed by atoms with van der Waals surface area (Å²) in [4.78, 5) is 11.2. The Morgan fingerprint density at radius 3 is 2.68 bits per heavy atom. The molecule has 106 valence electrons. The van der Waals surface area contributed by atoms with Crippen molar-refractivity contribution in [2.75, 3.05) is 18.1 Å². The van der Waals surface area contributed by atoms with Crippen LogP contribution in [0.4, 0.5) is 5.95 Å². The van der Waals surface area contributed by atoms with Gasteiger partial charge in [0.1, 0.15) is 0 Å². The summed E-state index contributed by atoms with van der Waals surface area (Å²) in [6, 6.07) is 0.802. The Bertz CT molecular complexity index is 393. The first-order chi connectivity index (χ1) is 9.06. The Hall–Kier alpha value is -1.20. The Balaban J connectivity index is 2.00. The van der Waals surface area contributed by atoms with Gasteiger partial charge in [0, 0.05) is 37.1 Å². The molecular formula is C14H24N4O. The fourth-order valence-corrected chi connectivity index (χ4v) is 2.09. The predicted octanol–water partition coefficient (Wildman–Crippen LogP) is 1.59. The maximum absolute atomic E-state index is 5.62. The van der Waals surface area contributed by atoms with Crippen LogP contribution >= 0.6 is 0 Å². The van der Waals surface area contributed by atoms with Gasteiger partial charge in [-0.3, -0.25) is 0 Å². The van der Waals surface area contributed by atoms with Crippen LogP contribution in [0.25, 0.3) is 0 Å². The van der Waals surface area contributed by atoms with Gasteiger partial charge in [-0.05, 0) is 13.8 Å². The third-order valence-corrected chi connectivity index (χ3v) is 3.27. The summed E-state index contributed by atoms with van der Waals surface area (Å²) >= 11 is 0. The van der Waals surface area contributed by atoms with Gasteiger partial charge < -0.3 is 15.0 Å². The number of hydrogen-bond donors (Lipinski definition) is 1. The molecule has 0 bridgehead atoms. The van der Waals surface area contributed by atoms with Crippen LogP contribution in [0.15, 0.2) is 12.4 Å². The minimum absolute atomic E-state index is 0.238. The normalized spacial score (nSPS) is 23.9. The third kappa shape index (κ3) is 3.88. The molecule has 1 fully saturated rings. The highest BCUT2D eigenvalue weighted by Gasteiger charge is 2.25. The molecule has 1 aromatic rings. The molecular weight excluding hydrogens is 240 g/mol. The fourth-order valence-electron chi connectivity index (χ4n) is 2.09. The Morgan fingerprint density at radius 2 is 2.05 bits per heavy atom. The van der Waals surface area contributed by atoms with E-state index in [9.17, 15) is 0 Å². The maximum atomic E-state index is 5.62. The zero-order valence-electron chi connectivity index (χ0n) is 12.3. The molecule has 2 rings (SSSR count). The molecule has 1 aliphatic rings. The van der Waals surface area contributed by atoms with E-state index in [0.717, 1.165) is 31.2 Å². The van der Waals surface area contributed by atoms with Crippen LogP contribution in [0, 0.1) is 0 Å². The number of nitrogens with zero attached hydrogens (tertiary/aromatic N) is 3. The summed E-state index contributed by atoms with van der Waals surface area (Å²) < 4.78 is 5.62. The van der Waals surface area contributed by atoms with Crippen molar-refractivity contribution in [1.29, 1.82) is 0 Å². The number of morpholine rings is 1. The zero-order valence-corrected chi connectivity index (χ0v) is 12.3. The van der Waals surface area contributed by atoms with Crippen LogP contribution in [0.3, 0.4) is 0 Å². The molecule has 1 aliphatic heterocycles. The molecule has 0 saturated carbocycles. The lowest BCUT2D eigenvalue weighted by Gasteiger charge is -2.36. The van der Waals surface area contributed by atoms with E-state index in [2.05, 4.69) is 47.9 Å². The van der Waals surface area contributed by atoms with Crippen molar-refractivity contribution in [3.63, 3.8) is 0 Å². The first kappa shape index (κ1) is 14.2. The first-order valence-electron chi connectivity index (χ1n) is 6.99. The second-order valence-electron chi connectivity index (χ2n) is 5.57. The first-order valence-corrected chi connectivity index (χ1v) is 6.99. The fraction of sp³-hybridized carbons (Fsp3) is 0.714. The second kappa shape index (κ2) is 6.30. The van der Waals surface area contributed by atoms with E-state index in [1.165, 1.54) is 0 Å². The van der Waals surface area contributed by atoms with Crippen LogP contribution < -0.4 is 10.2 Å². The molecule has 5 heteroatoms. The third-order valence-electron chi connectivity index (χ3n) is 3.27. The van der Waals surface area contributed by atoms with E-state index in [1.54, 1.807) is 0 Å². The Kier molecular flexibility index (Phi) is 4.71. The summed E-state index contributed by atoms with van der Waals surface area (Å²) in [5, 5.41) is 3.36. The smallest absolute Gasteiger partial charge is 0.225 e. The Morgan fingerprint density at radius 1 is 1.37 bits per heavy atom. The summed E-state index contributed by atoms with van der Waals surface area (Å²) in [6.45, 7) is 10.9. The van der Waals surface area contributed by atoms with Crippen molar-refractivity contribution < 1.29 is 4.74 Å². The average Bonchev–Trinajstić information content (AvgIpc) is 2.40.